The number of aromatic hydroxyl groups is 1. The molecule has 2 N–H and O–H groups in total. The van der Waals surface area contributed by atoms with Crippen molar-refractivity contribution in [3.05, 3.63) is 29.3 Å². The Hall–Kier alpha value is -1.16. The van der Waals surface area contributed by atoms with Crippen LogP contribution in [0.15, 0.2) is 12.1 Å². The Kier molecular flexibility index (Phi) is 2.37. The monoisotopic (exact) mass is 199 g/mol. The van der Waals surface area contributed by atoms with E-state index in [0.717, 1.165) is 25.5 Å². The number of halogens is 2. The van der Waals surface area contributed by atoms with Crippen molar-refractivity contribution in [2.75, 3.05) is 6.54 Å². The van der Waals surface area contributed by atoms with Crippen molar-refractivity contribution in [3.8, 4) is 5.75 Å². The summed E-state index contributed by atoms with van der Waals surface area (Å²) in [5.41, 5.74) is 0.0579. The van der Waals surface area contributed by atoms with Gasteiger partial charge in [0.25, 0.3) is 0 Å². The molecule has 1 heterocycles. The number of benzene rings is 1. The predicted molar refractivity (Wildman–Crippen MR) is 48.0 cm³/mol. The molecular formula is C10H11F2NO. The van der Waals surface area contributed by atoms with E-state index in [1.807, 2.05) is 0 Å². The third kappa shape index (κ3) is 1.46. The molecule has 14 heavy (non-hydrogen) atoms. The van der Waals surface area contributed by atoms with E-state index in [0.29, 0.717) is 0 Å². The summed E-state index contributed by atoms with van der Waals surface area (Å²) in [4.78, 5) is 0. The zero-order valence-corrected chi connectivity index (χ0v) is 7.56. The molecule has 0 amide bonds. The highest BCUT2D eigenvalue weighted by molar-refractivity contribution is 5.37. The summed E-state index contributed by atoms with van der Waals surface area (Å²) in [5, 5.41) is 12.4. The first kappa shape index (κ1) is 9.40. The Morgan fingerprint density at radius 2 is 2.14 bits per heavy atom. The van der Waals surface area contributed by atoms with E-state index in [1.54, 1.807) is 0 Å². The first-order valence-electron chi connectivity index (χ1n) is 4.60. The van der Waals surface area contributed by atoms with Gasteiger partial charge in [0.1, 0.15) is 5.75 Å². The molecule has 0 radical (unpaired) electrons. The zero-order valence-electron chi connectivity index (χ0n) is 7.56. The minimum atomic E-state index is -0.940. The van der Waals surface area contributed by atoms with E-state index in [-0.39, 0.29) is 17.4 Å². The molecule has 0 saturated carbocycles. The number of phenolic OH excluding ortho intramolecular Hbond substituents is 1. The van der Waals surface area contributed by atoms with Gasteiger partial charge in [0.2, 0.25) is 0 Å². The Morgan fingerprint density at radius 1 is 1.36 bits per heavy atom. The van der Waals surface area contributed by atoms with Crippen LogP contribution in [0, 0.1) is 11.6 Å². The van der Waals surface area contributed by atoms with Crippen molar-refractivity contribution in [1.82, 2.24) is 5.32 Å². The predicted octanol–water partition coefficient (Wildman–Crippen LogP) is 2.09. The van der Waals surface area contributed by atoms with Gasteiger partial charge in [-0.25, -0.2) is 8.78 Å². The van der Waals surface area contributed by atoms with Crippen molar-refractivity contribution >= 4 is 0 Å². The molecule has 2 rings (SSSR count). The molecule has 1 aromatic carbocycles. The topological polar surface area (TPSA) is 32.3 Å². The minimum Gasteiger partial charge on any atom is -0.507 e. The molecule has 0 aliphatic carbocycles. The number of hydrogen-bond donors (Lipinski definition) is 2. The van der Waals surface area contributed by atoms with Crippen LogP contribution in [-0.4, -0.2) is 11.7 Å². The van der Waals surface area contributed by atoms with Crippen molar-refractivity contribution < 1.29 is 13.9 Å². The lowest BCUT2D eigenvalue weighted by atomic mass is 10.0. The molecule has 2 nitrogen and oxygen atoms in total. The van der Waals surface area contributed by atoms with Crippen LogP contribution in [0.5, 0.6) is 5.75 Å². The molecule has 1 aromatic rings. The van der Waals surface area contributed by atoms with Gasteiger partial charge >= 0.3 is 0 Å². The lowest BCUT2D eigenvalue weighted by Gasteiger charge is -2.13. The maximum atomic E-state index is 13.3. The van der Waals surface area contributed by atoms with E-state index in [1.165, 1.54) is 6.07 Å². The molecule has 0 spiro atoms. The number of phenols is 1. The normalized spacial score (nSPS) is 21.4. The molecule has 1 unspecified atom stereocenters. The third-order valence-corrected chi connectivity index (χ3v) is 2.52. The van der Waals surface area contributed by atoms with Gasteiger partial charge in [-0.05, 0) is 31.5 Å². The van der Waals surface area contributed by atoms with E-state index < -0.39 is 11.6 Å². The summed E-state index contributed by atoms with van der Waals surface area (Å²) < 4.78 is 26.2. The van der Waals surface area contributed by atoms with Gasteiger partial charge in [-0.2, -0.15) is 0 Å². The van der Waals surface area contributed by atoms with E-state index in [2.05, 4.69) is 5.32 Å². The fourth-order valence-electron chi connectivity index (χ4n) is 1.82. The summed E-state index contributed by atoms with van der Waals surface area (Å²) in [5.74, 6) is -2.03. The van der Waals surface area contributed by atoms with Crippen molar-refractivity contribution in [2.45, 2.75) is 18.9 Å². The molecule has 1 saturated heterocycles. The van der Waals surface area contributed by atoms with Gasteiger partial charge < -0.3 is 10.4 Å². The quantitative estimate of drug-likeness (QED) is 0.725. The van der Waals surface area contributed by atoms with Crippen molar-refractivity contribution in [1.29, 1.82) is 0 Å². The number of hydrogen-bond acceptors (Lipinski definition) is 2. The molecule has 0 bridgehead atoms. The average molecular weight is 199 g/mol. The number of nitrogens with one attached hydrogen (secondary N) is 1. The number of rotatable bonds is 1. The zero-order chi connectivity index (χ0) is 10.1. The maximum absolute atomic E-state index is 13.3. The second kappa shape index (κ2) is 3.53. The fourth-order valence-corrected chi connectivity index (χ4v) is 1.82. The van der Waals surface area contributed by atoms with Crippen LogP contribution in [-0.2, 0) is 0 Å². The van der Waals surface area contributed by atoms with Gasteiger partial charge in [-0.3, -0.25) is 0 Å². The average Bonchev–Trinajstić information content (AvgIpc) is 2.65. The van der Waals surface area contributed by atoms with Gasteiger partial charge in [-0.1, -0.05) is 0 Å². The molecule has 4 heteroatoms. The summed E-state index contributed by atoms with van der Waals surface area (Å²) in [6.45, 7) is 0.778. The molecule has 76 valence electrons. The highest BCUT2D eigenvalue weighted by atomic mass is 19.2. The van der Waals surface area contributed by atoms with Gasteiger partial charge in [0.05, 0.1) is 0 Å². The second-order valence-corrected chi connectivity index (χ2v) is 3.44. The third-order valence-electron chi connectivity index (χ3n) is 2.52. The Labute approximate surface area is 80.6 Å². The lowest BCUT2D eigenvalue weighted by molar-refractivity contribution is 0.424. The summed E-state index contributed by atoms with van der Waals surface area (Å²) in [6.07, 6.45) is 1.65. The highest BCUT2D eigenvalue weighted by Crippen LogP contribution is 2.33. The van der Waals surface area contributed by atoms with E-state index in [9.17, 15) is 13.9 Å². The van der Waals surface area contributed by atoms with Crippen molar-refractivity contribution in [3.63, 3.8) is 0 Å². The summed E-state index contributed by atoms with van der Waals surface area (Å²) in [6, 6.07) is 1.86. The highest BCUT2D eigenvalue weighted by Gasteiger charge is 2.24. The van der Waals surface area contributed by atoms with Crippen LogP contribution in [0.1, 0.15) is 24.4 Å². The lowest BCUT2D eigenvalue weighted by Crippen LogP contribution is -2.15. The van der Waals surface area contributed by atoms with Crippen LogP contribution in [0.3, 0.4) is 0 Å². The first-order chi connectivity index (χ1) is 6.70. The minimum absolute atomic E-state index is 0.0579. The summed E-state index contributed by atoms with van der Waals surface area (Å²) in [7, 11) is 0. The summed E-state index contributed by atoms with van der Waals surface area (Å²) >= 11 is 0. The Bertz CT molecular complexity index is 348. The molecule has 1 aliphatic rings. The maximum Gasteiger partial charge on any atom is 0.167 e. The SMILES string of the molecule is Oc1ccc(F)c(F)c1C1CCCN1. The van der Waals surface area contributed by atoms with Gasteiger partial charge in [-0.15, -0.1) is 0 Å². The molecule has 1 aliphatic heterocycles. The van der Waals surface area contributed by atoms with Crippen LogP contribution in [0.4, 0.5) is 8.78 Å². The molecule has 1 fully saturated rings. The fraction of sp³-hybridized carbons (Fsp3) is 0.400. The molecular weight excluding hydrogens is 188 g/mol. The Balaban J connectivity index is 2.44. The standard InChI is InChI=1S/C10H11F2NO/c11-6-3-4-8(14)9(10(6)12)7-2-1-5-13-7/h3-4,7,13-14H,1-2,5H2. The van der Waals surface area contributed by atoms with Crippen LogP contribution < -0.4 is 5.32 Å². The van der Waals surface area contributed by atoms with Gasteiger partial charge in [0.15, 0.2) is 11.6 Å². The molecule has 1 atom stereocenters. The molecule has 0 aromatic heterocycles. The van der Waals surface area contributed by atoms with Crippen LogP contribution in [0.2, 0.25) is 0 Å². The first-order valence-corrected chi connectivity index (χ1v) is 4.60. The largest absolute Gasteiger partial charge is 0.507 e. The van der Waals surface area contributed by atoms with E-state index >= 15 is 0 Å². The van der Waals surface area contributed by atoms with Gasteiger partial charge in [0, 0.05) is 11.6 Å². The second-order valence-electron chi connectivity index (χ2n) is 3.44. The van der Waals surface area contributed by atoms with Crippen molar-refractivity contribution in [2.24, 2.45) is 0 Å². The smallest absolute Gasteiger partial charge is 0.167 e. The Morgan fingerprint density at radius 3 is 2.79 bits per heavy atom. The van der Waals surface area contributed by atoms with E-state index in [4.69, 9.17) is 0 Å². The van der Waals surface area contributed by atoms with Crippen LogP contribution >= 0.6 is 0 Å². The van der Waals surface area contributed by atoms with Crippen LogP contribution in [0.25, 0.3) is 0 Å².